The van der Waals surface area contributed by atoms with Crippen LogP contribution in [0.25, 0.3) is 0 Å². The van der Waals surface area contributed by atoms with Crippen LogP contribution in [0.4, 0.5) is 11.4 Å². The van der Waals surface area contributed by atoms with Gasteiger partial charge in [0, 0.05) is 28.4 Å². The number of aliphatic hydroxyl groups is 2. The minimum Gasteiger partial charge on any atom is -0.398 e. The van der Waals surface area contributed by atoms with Crippen LogP contribution in [0.5, 0.6) is 0 Å². The molecule has 202 valence electrons. The van der Waals surface area contributed by atoms with Crippen LogP contribution < -0.4 is 11.5 Å². The number of nitrogen functional groups attached to an aromatic ring is 2. The van der Waals surface area contributed by atoms with E-state index in [1.54, 1.807) is 0 Å². The van der Waals surface area contributed by atoms with Crippen molar-refractivity contribution in [1.82, 2.24) is 0 Å². The lowest BCUT2D eigenvalue weighted by Crippen LogP contribution is -2.10. The second kappa shape index (κ2) is 11.4. The summed E-state index contributed by atoms with van der Waals surface area (Å²) in [7, 11) is 0. The van der Waals surface area contributed by atoms with Gasteiger partial charge in [-0.2, -0.15) is 0 Å². The fraction of sp³-hybridized carbons (Fsp3) is 0.167. The highest BCUT2D eigenvalue weighted by molar-refractivity contribution is 5.58. The highest BCUT2D eigenvalue weighted by atomic mass is 16.3. The number of anilines is 2. The lowest BCUT2D eigenvalue weighted by Gasteiger charge is -2.24. The second-order valence-corrected chi connectivity index (χ2v) is 10.7. The third kappa shape index (κ3) is 5.64. The van der Waals surface area contributed by atoms with Crippen LogP contribution >= 0.6 is 0 Å². The van der Waals surface area contributed by atoms with E-state index < -0.39 is 12.2 Å². The summed E-state index contributed by atoms with van der Waals surface area (Å²) in [5.74, 6) is -0.172. The molecule has 0 radical (unpaired) electrons. The smallest absolute Gasteiger partial charge is 0.106 e. The first-order valence-electron chi connectivity index (χ1n) is 13.6. The molecule has 0 saturated carbocycles. The van der Waals surface area contributed by atoms with Gasteiger partial charge in [0.25, 0.3) is 0 Å². The Bertz CT molecular complexity index is 1510. The first-order chi connectivity index (χ1) is 19.2. The van der Waals surface area contributed by atoms with E-state index in [4.69, 9.17) is 11.5 Å². The quantitative estimate of drug-likeness (QED) is 0.134. The van der Waals surface area contributed by atoms with Crippen LogP contribution in [0, 0.1) is 20.8 Å². The van der Waals surface area contributed by atoms with Crippen molar-refractivity contribution in [1.29, 1.82) is 0 Å². The van der Waals surface area contributed by atoms with Crippen molar-refractivity contribution in [3.63, 3.8) is 0 Å². The SMILES string of the molecule is Cc1ccc(C(O)c2cc(C(c3ccc(C)cc3)c3ccc(N)c(C(O)c4ccc(C)cc4)c3)ccc2N)cc1. The van der Waals surface area contributed by atoms with E-state index in [1.165, 1.54) is 5.56 Å². The van der Waals surface area contributed by atoms with Gasteiger partial charge in [-0.25, -0.2) is 0 Å². The number of hydrogen-bond acceptors (Lipinski definition) is 4. The molecule has 5 aromatic rings. The summed E-state index contributed by atoms with van der Waals surface area (Å²) in [6.45, 7) is 6.11. The molecule has 0 aliphatic heterocycles. The van der Waals surface area contributed by atoms with Crippen LogP contribution in [-0.4, -0.2) is 10.2 Å². The molecule has 0 aliphatic carbocycles. The molecule has 0 saturated heterocycles. The first kappa shape index (κ1) is 27.2. The van der Waals surface area contributed by atoms with Gasteiger partial charge in [0.05, 0.1) is 0 Å². The molecule has 0 fully saturated rings. The van der Waals surface area contributed by atoms with E-state index in [0.29, 0.717) is 22.5 Å². The van der Waals surface area contributed by atoms with E-state index in [9.17, 15) is 10.2 Å². The number of nitrogens with two attached hydrogens (primary N) is 2. The Morgan fingerprint density at radius 3 is 1.07 bits per heavy atom. The van der Waals surface area contributed by atoms with Gasteiger partial charge in [-0.1, -0.05) is 102 Å². The van der Waals surface area contributed by atoms with E-state index in [0.717, 1.165) is 38.9 Å². The summed E-state index contributed by atoms with van der Waals surface area (Å²) in [6, 6.07) is 35.9. The van der Waals surface area contributed by atoms with E-state index in [1.807, 2.05) is 98.8 Å². The summed E-state index contributed by atoms with van der Waals surface area (Å²) < 4.78 is 0. The Kier molecular flexibility index (Phi) is 7.74. The maximum atomic E-state index is 11.3. The topological polar surface area (TPSA) is 92.5 Å². The highest BCUT2D eigenvalue weighted by Crippen LogP contribution is 2.38. The molecule has 2 atom stereocenters. The van der Waals surface area contributed by atoms with Crippen molar-refractivity contribution < 1.29 is 10.2 Å². The van der Waals surface area contributed by atoms with Crippen molar-refractivity contribution in [2.75, 3.05) is 11.5 Å². The molecule has 4 nitrogen and oxygen atoms in total. The van der Waals surface area contributed by atoms with Crippen molar-refractivity contribution in [2.45, 2.75) is 38.9 Å². The Balaban J connectivity index is 1.62. The molecular formula is C36H36N2O2. The second-order valence-electron chi connectivity index (χ2n) is 10.7. The zero-order chi connectivity index (χ0) is 28.4. The molecule has 6 N–H and O–H groups in total. The Morgan fingerprint density at radius 2 is 0.725 bits per heavy atom. The standard InChI is InChI=1S/C36H36N2O2/c1-22-4-10-25(11-5-22)34(28-16-18-32(37)30(20-28)35(39)26-12-6-23(2)7-13-26)29-17-19-33(38)31(21-29)36(40)27-14-8-24(3)9-15-27/h4-21,34-36,39-40H,37-38H2,1-3H3. The summed E-state index contributed by atoms with van der Waals surface area (Å²) in [4.78, 5) is 0. The van der Waals surface area contributed by atoms with Crippen LogP contribution in [0.1, 0.15) is 73.8 Å². The summed E-state index contributed by atoms with van der Waals surface area (Å²) in [5.41, 5.74) is 23.3. The summed E-state index contributed by atoms with van der Waals surface area (Å²) in [6.07, 6.45) is -1.71. The lowest BCUT2D eigenvalue weighted by molar-refractivity contribution is 0.221. The molecule has 0 aliphatic rings. The lowest BCUT2D eigenvalue weighted by atomic mass is 9.82. The molecule has 4 heteroatoms. The molecular weight excluding hydrogens is 492 g/mol. The van der Waals surface area contributed by atoms with Crippen LogP contribution in [0.3, 0.4) is 0 Å². The van der Waals surface area contributed by atoms with Crippen LogP contribution in [-0.2, 0) is 0 Å². The van der Waals surface area contributed by atoms with Gasteiger partial charge in [0.15, 0.2) is 0 Å². The van der Waals surface area contributed by atoms with Crippen molar-refractivity contribution in [2.24, 2.45) is 0 Å². The van der Waals surface area contributed by atoms with Crippen molar-refractivity contribution >= 4 is 11.4 Å². The largest absolute Gasteiger partial charge is 0.398 e. The highest BCUT2D eigenvalue weighted by Gasteiger charge is 2.23. The van der Waals surface area contributed by atoms with E-state index in [2.05, 4.69) is 31.2 Å². The van der Waals surface area contributed by atoms with Crippen molar-refractivity contribution in [3.8, 4) is 0 Å². The Morgan fingerprint density at radius 1 is 0.425 bits per heavy atom. The minimum absolute atomic E-state index is 0.172. The zero-order valence-electron chi connectivity index (χ0n) is 23.2. The maximum absolute atomic E-state index is 11.3. The molecule has 40 heavy (non-hydrogen) atoms. The van der Waals surface area contributed by atoms with Crippen molar-refractivity contribution in [3.05, 3.63) is 165 Å². The van der Waals surface area contributed by atoms with Gasteiger partial charge >= 0.3 is 0 Å². The third-order valence-corrected chi connectivity index (χ3v) is 7.67. The maximum Gasteiger partial charge on any atom is 0.106 e. The molecule has 0 bridgehead atoms. The Labute approximate surface area is 236 Å². The minimum atomic E-state index is -0.857. The molecule has 5 rings (SSSR count). The zero-order valence-corrected chi connectivity index (χ0v) is 23.2. The van der Waals surface area contributed by atoms with Gasteiger partial charge < -0.3 is 21.7 Å². The number of hydrogen-bond donors (Lipinski definition) is 4. The fourth-order valence-electron chi connectivity index (χ4n) is 5.21. The van der Waals surface area contributed by atoms with Gasteiger partial charge in [-0.05, 0) is 72.9 Å². The molecule has 0 amide bonds. The van der Waals surface area contributed by atoms with E-state index in [-0.39, 0.29) is 5.92 Å². The van der Waals surface area contributed by atoms with Gasteiger partial charge in [-0.15, -0.1) is 0 Å². The fourth-order valence-corrected chi connectivity index (χ4v) is 5.21. The predicted octanol–water partition coefficient (Wildman–Crippen LogP) is 7.12. The average molecular weight is 529 g/mol. The Hall–Kier alpha value is -4.38. The number of aliphatic hydroxyl groups excluding tert-OH is 2. The normalized spacial score (nSPS) is 13.5. The van der Waals surface area contributed by atoms with Gasteiger partial charge in [-0.3, -0.25) is 0 Å². The molecule has 0 spiro atoms. The third-order valence-electron chi connectivity index (χ3n) is 7.67. The average Bonchev–Trinajstić information content (AvgIpc) is 2.96. The monoisotopic (exact) mass is 528 g/mol. The molecule has 0 aromatic heterocycles. The molecule has 5 aromatic carbocycles. The number of aryl methyl sites for hydroxylation is 3. The summed E-state index contributed by atoms with van der Waals surface area (Å²) >= 11 is 0. The van der Waals surface area contributed by atoms with Gasteiger partial charge in [0.2, 0.25) is 0 Å². The van der Waals surface area contributed by atoms with Crippen LogP contribution in [0.15, 0.2) is 109 Å². The number of benzene rings is 5. The first-order valence-corrected chi connectivity index (χ1v) is 13.6. The van der Waals surface area contributed by atoms with Gasteiger partial charge in [0.1, 0.15) is 12.2 Å². The summed E-state index contributed by atoms with van der Waals surface area (Å²) in [5, 5.41) is 22.6. The molecule has 0 heterocycles. The molecule has 2 unspecified atom stereocenters. The van der Waals surface area contributed by atoms with E-state index >= 15 is 0 Å². The predicted molar refractivity (Wildman–Crippen MR) is 164 cm³/mol. The number of rotatable bonds is 7. The van der Waals surface area contributed by atoms with Crippen LogP contribution in [0.2, 0.25) is 0 Å².